The molecule has 1 nitrogen and oxygen atoms in total. The Labute approximate surface area is 75.9 Å². The van der Waals surface area contributed by atoms with Crippen molar-refractivity contribution in [3.8, 4) is 0 Å². The Hall–Kier alpha value is 0.320. The third-order valence-electron chi connectivity index (χ3n) is 2.85. The van der Waals surface area contributed by atoms with Crippen LogP contribution in [-0.2, 0) is 0 Å². The first kappa shape index (κ1) is 10.4. The Bertz CT molecular complexity index is 142. The van der Waals surface area contributed by atoms with E-state index in [1.807, 2.05) is 6.92 Å². The summed E-state index contributed by atoms with van der Waals surface area (Å²) in [5, 5.41) is 9.52. The molecule has 72 valence electrons. The number of halogens is 1. The summed E-state index contributed by atoms with van der Waals surface area (Å²) in [5.74, 6) is 0.231. The molecule has 1 rings (SSSR count). The van der Waals surface area contributed by atoms with E-state index in [4.69, 9.17) is 0 Å². The minimum Gasteiger partial charge on any atom is -0.393 e. The largest absolute Gasteiger partial charge is 0.393 e. The van der Waals surface area contributed by atoms with Crippen LogP contribution in [0, 0.1) is 11.8 Å². The predicted molar refractivity (Wildman–Crippen MR) is 52.0 cm³/mol. The van der Waals surface area contributed by atoms with E-state index in [1.165, 1.54) is 0 Å². The van der Waals surface area contributed by atoms with Crippen LogP contribution in [0.1, 0.15) is 26.2 Å². The molecule has 5 unspecified atom stereocenters. The summed E-state index contributed by atoms with van der Waals surface area (Å²) in [5.41, 5.74) is 0. The lowest BCUT2D eigenvalue weighted by Crippen LogP contribution is -2.35. The fraction of sp³-hybridized carbons (Fsp3) is 1.00. The van der Waals surface area contributed by atoms with Gasteiger partial charge in [0.05, 0.1) is 6.10 Å². The molecular formula is C9H18FOP. The fourth-order valence-electron chi connectivity index (χ4n) is 1.91. The van der Waals surface area contributed by atoms with E-state index in [-0.39, 0.29) is 17.9 Å². The molecule has 0 spiro atoms. The van der Waals surface area contributed by atoms with Crippen molar-refractivity contribution in [2.75, 3.05) is 6.16 Å². The van der Waals surface area contributed by atoms with Gasteiger partial charge in [0, 0.05) is 0 Å². The molecular weight excluding hydrogens is 174 g/mol. The topological polar surface area (TPSA) is 20.2 Å². The standard InChI is InChI=1S/C9H18FOP/c1-6-4-8(10)7(2-3-12)5-9(6)11/h6-9,11H,2-5,12H2,1H3. The number of alkyl halides is 1. The molecule has 1 fully saturated rings. The highest BCUT2D eigenvalue weighted by atomic mass is 31.0. The summed E-state index contributed by atoms with van der Waals surface area (Å²) in [6.07, 6.45) is 2.04. The molecule has 5 atom stereocenters. The van der Waals surface area contributed by atoms with Crippen LogP contribution in [0.3, 0.4) is 0 Å². The third kappa shape index (κ3) is 2.40. The van der Waals surface area contributed by atoms with Crippen molar-refractivity contribution in [2.45, 2.75) is 38.5 Å². The minimum absolute atomic E-state index is 0.0914. The lowest BCUT2D eigenvalue weighted by molar-refractivity contribution is 0.00818. The number of aliphatic hydroxyl groups excluding tert-OH is 1. The van der Waals surface area contributed by atoms with Crippen molar-refractivity contribution in [3.63, 3.8) is 0 Å². The molecule has 0 aromatic rings. The number of hydrogen-bond donors (Lipinski definition) is 1. The van der Waals surface area contributed by atoms with E-state index in [0.717, 1.165) is 12.6 Å². The van der Waals surface area contributed by atoms with E-state index in [1.54, 1.807) is 0 Å². The highest BCUT2D eigenvalue weighted by Crippen LogP contribution is 2.33. The molecule has 1 aliphatic carbocycles. The average molecular weight is 192 g/mol. The van der Waals surface area contributed by atoms with Crippen molar-refractivity contribution in [2.24, 2.45) is 11.8 Å². The maximum absolute atomic E-state index is 13.3. The minimum atomic E-state index is -0.691. The van der Waals surface area contributed by atoms with E-state index in [2.05, 4.69) is 9.24 Å². The lowest BCUT2D eigenvalue weighted by atomic mass is 9.78. The Balaban J connectivity index is 2.43. The molecule has 0 bridgehead atoms. The van der Waals surface area contributed by atoms with Gasteiger partial charge in [0.25, 0.3) is 0 Å². The predicted octanol–water partition coefficient (Wildman–Crippen LogP) is 2.00. The van der Waals surface area contributed by atoms with Crippen molar-refractivity contribution >= 4 is 9.24 Å². The second kappa shape index (κ2) is 4.53. The van der Waals surface area contributed by atoms with Crippen molar-refractivity contribution in [1.29, 1.82) is 0 Å². The Morgan fingerprint density at radius 2 is 2.17 bits per heavy atom. The molecule has 0 heterocycles. The molecule has 1 saturated carbocycles. The van der Waals surface area contributed by atoms with Gasteiger partial charge in [-0.3, -0.25) is 0 Å². The first-order valence-electron chi connectivity index (χ1n) is 4.67. The summed E-state index contributed by atoms with van der Waals surface area (Å²) in [4.78, 5) is 0. The van der Waals surface area contributed by atoms with Gasteiger partial charge in [-0.15, -0.1) is 9.24 Å². The van der Waals surface area contributed by atoms with Crippen LogP contribution in [0.2, 0.25) is 0 Å². The molecule has 1 N–H and O–H groups in total. The molecule has 1 aliphatic rings. The molecule has 0 aromatic carbocycles. The molecule has 3 heteroatoms. The smallest absolute Gasteiger partial charge is 0.103 e. The first-order valence-corrected chi connectivity index (χ1v) is 5.49. The van der Waals surface area contributed by atoms with Gasteiger partial charge in [-0.25, -0.2) is 4.39 Å². The maximum atomic E-state index is 13.3. The van der Waals surface area contributed by atoms with Crippen LogP contribution in [0.15, 0.2) is 0 Å². The van der Waals surface area contributed by atoms with E-state index >= 15 is 0 Å². The first-order chi connectivity index (χ1) is 5.65. The van der Waals surface area contributed by atoms with Gasteiger partial charge in [0.2, 0.25) is 0 Å². The average Bonchev–Trinajstić information content (AvgIpc) is 2.01. The summed E-state index contributed by atoms with van der Waals surface area (Å²) in [6, 6.07) is 0. The van der Waals surface area contributed by atoms with E-state index < -0.39 is 6.17 Å². The number of aliphatic hydroxyl groups is 1. The van der Waals surface area contributed by atoms with Gasteiger partial charge in [-0.2, -0.15) is 0 Å². The van der Waals surface area contributed by atoms with Gasteiger partial charge in [-0.1, -0.05) is 6.92 Å². The molecule has 0 aliphatic heterocycles. The van der Waals surface area contributed by atoms with Gasteiger partial charge < -0.3 is 5.11 Å². The van der Waals surface area contributed by atoms with Crippen LogP contribution in [-0.4, -0.2) is 23.5 Å². The van der Waals surface area contributed by atoms with Crippen molar-refractivity contribution in [3.05, 3.63) is 0 Å². The zero-order valence-electron chi connectivity index (χ0n) is 7.54. The zero-order chi connectivity index (χ0) is 9.14. The Morgan fingerprint density at radius 1 is 1.50 bits per heavy atom. The van der Waals surface area contributed by atoms with E-state index in [9.17, 15) is 9.50 Å². The maximum Gasteiger partial charge on any atom is 0.103 e. The SMILES string of the molecule is CC1CC(F)C(CCP)CC1O. The lowest BCUT2D eigenvalue weighted by Gasteiger charge is -2.33. The van der Waals surface area contributed by atoms with Gasteiger partial charge >= 0.3 is 0 Å². The molecule has 0 aromatic heterocycles. The number of hydrogen-bond acceptors (Lipinski definition) is 1. The molecule has 0 saturated heterocycles. The van der Waals surface area contributed by atoms with Crippen LogP contribution in [0.4, 0.5) is 4.39 Å². The highest BCUT2D eigenvalue weighted by molar-refractivity contribution is 7.16. The summed E-state index contributed by atoms with van der Waals surface area (Å²) in [6.45, 7) is 1.92. The third-order valence-corrected chi connectivity index (χ3v) is 3.18. The van der Waals surface area contributed by atoms with Crippen LogP contribution >= 0.6 is 9.24 Å². The number of rotatable bonds is 2. The monoisotopic (exact) mass is 192 g/mol. The van der Waals surface area contributed by atoms with Gasteiger partial charge in [-0.05, 0) is 37.3 Å². The van der Waals surface area contributed by atoms with Crippen LogP contribution < -0.4 is 0 Å². The molecule has 0 radical (unpaired) electrons. The van der Waals surface area contributed by atoms with Crippen LogP contribution in [0.25, 0.3) is 0 Å². The van der Waals surface area contributed by atoms with Crippen molar-refractivity contribution in [1.82, 2.24) is 0 Å². The fourth-order valence-corrected chi connectivity index (χ4v) is 2.34. The second-order valence-corrected chi connectivity index (χ2v) is 4.45. The quantitative estimate of drug-likeness (QED) is 0.663. The molecule has 0 amide bonds. The summed E-state index contributed by atoms with van der Waals surface area (Å²) in [7, 11) is 2.61. The summed E-state index contributed by atoms with van der Waals surface area (Å²) >= 11 is 0. The van der Waals surface area contributed by atoms with Gasteiger partial charge in [0.1, 0.15) is 6.17 Å². The molecule has 12 heavy (non-hydrogen) atoms. The highest BCUT2D eigenvalue weighted by Gasteiger charge is 2.33. The Kier molecular flexibility index (Phi) is 3.92. The van der Waals surface area contributed by atoms with Gasteiger partial charge in [0.15, 0.2) is 0 Å². The van der Waals surface area contributed by atoms with Crippen LogP contribution in [0.5, 0.6) is 0 Å². The normalized spacial score (nSPS) is 43.0. The second-order valence-electron chi connectivity index (χ2n) is 3.87. The Morgan fingerprint density at radius 3 is 2.75 bits per heavy atom. The summed E-state index contributed by atoms with van der Waals surface area (Å²) < 4.78 is 13.3. The van der Waals surface area contributed by atoms with Crippen molar-refractivity contribution < 1.29 is 9.50 Å². The van der Waals surface area contributed by atoms with E-state index in [0.29, 0.717) is 12.8 Å². The zero-order valence-corrected chi connectivity index (χ0v) is 8.70.